The van der Waals surface area contributed by atoms with Gasteiger partial charge in [0.1, 0.15) is 5.82 Å². The molecule has 1 aromatic carbocycles. The van der Waals surface area contributed by atoms with E-state index in [1.807, 2.05) is 6.20 Å². The average molecular weight is 272 g/mol. The van der Waals surface area contributed by atoms with E-state index in [1.165, 1.54) is 12.1 Å². The van der Waals surface area contributed by atoms with Gasteiger partial charge < -0.3 is 16.0 Å². The highest BCUT2D eigenvalue weighted by atomic mass is 35.5. The van der Waals surface area contributed by atoms with Crippen LogP contribution in [0, 0.1) is 5.82 Å². The zero-order chi connectivity index (χ0) is 12.3. The molecular formula is C12H15ClFN3O. The Hall–Kier alpha value is -1.59. The number of aromatic amines is 1. The van der Waals surface area contributed by atoms with Crippen LogP contribution in [-0.4, -0.2) is 24.0 Å². The lowest BCUT2D eigenvalue weighted by Gasteiger charge is -2.02. The van der Waals surface area contributed by atoms with Gasteiger partial charge in [-0.1, -0.05) is 0 Å². The average Bonchev–Trinajstić information content (AvgIpc) is 2.71. The van der Waals surface area contributed by atoms with E-state index in [1.54, 1.807) is 6.07 Å². The lowest BCUT2D eigenvalue weighted by Crippen LogP contribution is -2.31. The summed E-state index contributed by atoms with van der Waals surface area (Å²) in [5.74, 6) is -0.432. The summed E-state index contributed by atoms with van der Waals surface area (Å²) < 4.78 is 13.0. The Bertz CT molecular complexity index is 541. The second kappa shape index (κ2) is 6.37. The van der Waals surface area contributed by atoms with Gasteiger partial charge in [0.05, 0.1) is 6.54 Å². The van der Waals surface area contributed by atoms with Crippen molar-refractivity contribution in [3.8, 4) is 0 Å². The van der Waals surface area contributed by atoms with Gasteiger partial charge >= 0.3 is 0 Å². The normalized spacial score (nSPS) is 10.1. The number of carbonyl (C=O) groups is 1. The van der Waals surface area contributed by atoms with Gasteiger partial charge in [0, 0.05) is 23.6 Å². The molecule has 0 aliphatic heterocycles. The number of halogens is 2. The maximum Gasteiger partial charge on any atom is 0.233 e. The van der Waals surface area contributed by atoms with Gasteiger partial charge in [0.25, 0.3) is 0 Å². The van der Waals surface area contributed by atoms with Gasteiger partial charge in [0.15, 0.2) is 0 Å². The number of rotatable bonds is 4. The molecule has 6 heteroatoms. The summed E-state index contributed by atoms with van der Waals surface area (Å²) in [6, 6.07) is 4.62. The molecule has 0 radical (unpaired) electrons. The van der Waals surface area contributed by atoms with E-state index >= 15 is 0 Å². The van der Waals surface area contributed by atoms with E-state index < -0.39 is 0 Å². The molecular weight excluding hydrogens is 257 g/mol. The zero-order valence-corrected chi connectivity index (χ0v) is 10.5. The topological polar surface area (TPSA) is 70.9 Å². The third kappa shape index (κ3) is 3.21. The largest absolute Gasteiger partial charge is 0.361 e. The number of nitrogens with two attached hydrogens (primary N) is 1. The van der Waals surface area contributed by atoms with Crippen LogP contribution in [0.2, 0.25) is 0 Å². The summed E-state index contributed by atoms with van der Waals surface area (Å²) >= 11 is 0. The summed E-state index contributed by atoms with van der Waals surface area (Å²) in [5.41, 5.74) is 7.00. The number of aromatic nitrogens is 1. The van der Waals surface area contributed by atoms with Gasteiger partial charge in [0.2, 0.25) is 5.91 Å². The van der Waals surface area contributed by atoms with Crippen LogP contribution in [0.4, 0.5) is 4.39 Å². The molecule has 4 nitrogen and oxygen atoms in total. The third-order valence-corrected chi connectivity index (χ3v) is 2.63. The molecule has 0 bridgehead atoms. The lowest BCUT2D eigenvalue weighted by atomic mass is 10.1. The SMILES string of the molecule is Cl.NCC(=O)NCCc1c[nH]c2cc(F)ccc12. The Labute approximate surface area is 110 Å². The highest BCUT2D eigenvalue weighted by molar-refractivity contribution is 5.85. The number of carbonyl (C=O) groups excluding carboxylic acids is 1. The maximum atomic E-state index is 13.0. The molecule has 1 aromatic heterocycles. The Morgan fingerprint density at radius 1 is 1.44 bits per heavy atom. The minimum absolute atomic E-state index is 0. The van der Waals surface area contributed by atoms with Gasteiger partial charge in [-0.3, -0.25) is 4.79 Å². The fraction of sp³-hybridized carbons (Fsp3) is 0.250. The summed E-state index contributed by atoms with van der Waals surface area (Å²) in [6.07, 6.45) is 2.52. The first kappa shape index (κ1) is 14.5. The Morgan fingerprint density at radius 2 is 2.22 bits per heavy atom. The van der Waals surface area contributed by atoms with Crippen LogP contribution < -0.4 is 11.1 Å². The van der Waals surface area contributed by atoms with Crippen LogP contribution in [0.15, 0.2) is 24.4 Å². The zero-order valence-electron chi connectivity index (χ0n) is 9.70. The maximum absolute atomic E-state index is 13.0. The van der Waals surface area contributed by atoms with Crippen molar-refractivity contribution in [3.05, 3.63) is 35.8 Å². The van der Waals surface area contributed by atoms with Crippen molar-refractivity contribution in [2.45, 2.75) is 6.42 Å². The standard InChI is InChI=1S/C12H14FN3O.ClH/c13-9-1-2-10-8(7-16-11(10)5-9)3-4-15-12(17)6-14;/h1-2,5,7,16H,3-4,6,14H2,(H,15,17);1H. The van der Waals surface area contributed by atoms with E-state index in [0.717, 1.165) is 16.5 Å². The molecule has 98 valence electrons. The second-order valence-electron chi connectivity index (χ2n) is 3.81. The predicted octanol–water partition coefficient (Wildman–Crippen LogP) is 1.35. The summed E-state index contributed by atoms with van der Waals surface area (Å²) in [6.45, 7) is 0.527. The van der Waals surface area contributed by atoms with Gasteiger partial charge in [-0.05, 0) is 30.2 Å². The summed E-state index contributed by atoms with van der Waals surface area (Å²) in [7, 11) is 0. The van der Waals surface area contributed by atoms with Crippen LogP contribution in [0.25, 0.3) is 10.9 Å². The number of nitrogens with one attached hydrogen (secondary N) is 2. The molecule has 0 fully saturated rings. The number of benzene rings is 1. The molecule has 1 amide bonds. The first-order valence-electron chi connectivity index (χ1n) is 5.43. The quantitative estimate of drug-likeness (QED) is 0.785. The van der Waals surface area contributed by atoms with Gasteiger partial charge in [-0.15, -0.1) is 12.4 Å². The Morgan fingerprint density at radius 3 is 2.94 bits per heavy atom. The number of H-pyrrole nitrogens is 1. The van der Waals surface area contributed by atoms with Crippen LogP contribution in [-0.2, 0) is 11.2 Å². The molecule has 2 rings (SSSR count). The Balaban J connectivity index is 0.00000162. The molecule has 0 aliphatic carbocycles. The van der Waals surface area contributed by atoms with Crippen LogP contribution in [0.3, 0.4) is 0 Å². The fourth-order valence-corrected chi connectivity index (χ4v) is 1.77. The molecule has 18 heavy (non-hydrogen) atoms. The number of hydrogen-bond donors (Lipinski definition) is 3. The van der Waals surface area contributed by atoms with E-state index in [0.29, 0.717) is 13.0 Å². The summed E-state index contributed by atoms with van der Waals surface area (Å²) in [4.78, 5) is 14.0. The monoisotopic (exact) mass is 271 g/mol. The highest BCUT2D eigenvalue weighted by Crippen LogP contribution is 2.19. The first-order chi connectivity index (χ1) is 8.20. The number of fused-ring (bicyclic) bond motifs is 1. The third-order valence-electron chi connectivity index (χ3n) is 2.63. The number of hydrogen-bond acceptors (Lipinski definition) is 2. The van der Waals surface area contributed by atoms with E-state index in [-0.39, 0.29) is 30.7 Å². The van der Waals surface area contributed by atoms with Crippen molar-refractivity contribution in [2.75, 3.05) is 13.1 Å². The number of amides is 1. The molecule has 0 saturated heterocycles. The molecule has 2 aromatic rings. The van der Waals surface area contributed by atoms with E-state index in [9.17, 15) is 9.18 Å². The molecule has 4 N–H and O–H groups in total. The van der Waals surface area contributed by atoms with E-state index in [2.05, 4.69) is 10.3 Å². The van der Waals surface area contributed by atoms with Gasteiger partial charge in [-0.2, -0.15) is 0 Å². The molecule has 0 spiro atoms. The molecule has 0 aliphatic rings. The molecule has 0 saturated carbocycles. The van der Waals surface area contributed by atoms with Crippen molar-refractivity contribution in [1.29, 1.82) is 0 Å². The first-order valence-corrected chi connectivity index (χ1v) is 5.43. The molecule has 1 heterocycles. The molecule has 0 unspecified atom stereocenters. The highest BCUT2D eigenvalue weighted by Gasteiger charge is 2.05. The van der Waals surface area contributed by atoms with Crippen molar-refractivity contribution in [1.82, 2.24) is 10.3 Å². The minimum Gasteiger partial charge on any atom is -0.361 e. The molecule has 0 atom stereocenters. The smallest absolute Gasteiger partial charge is 0.233 e. The van der Waals surface area contributed by atoms with E-state index in [4.69, 9.17) is 5.73 Å². The second-order valence-corrected chi connectivity index (χ2v) is 3.81. The summed E-state index contributed by atoms with van der Waals surface area (Å²) in [5, 5.41) is 3.67. The lowest BCUT2D eigenvalue weighted by molar-refractivity contribution is -0.119. The Kier molecular flexibility index (Phi) is 5.12. The van der Waals surface area contributed by atoms with Crippen molar-refractivity contribution in [2.24, 2.45) is 5.73 Å². The van der Waals surface area contributed by atoms with Gasteiger partial charge in [-0.25, -0.2) is 4.39 Å². The van der Waals surface area contributed by atoms with Crippen molar-refractivity contribution >= 4 is 29.2 Å². The minimum atomic E-state index is -0.262. The predicted molar refractivity (Wildman–Crippen MR) is 71.3 cm³/mol. The van der Waals surface area contributed by atoms with Crippen molar-refractivity contribution in [3.63, 3.8) is 0 Å². The fourth-order valence-electron chi connectivity index (χ4n) is 1.77. The van der Waals surface area contributed by atoms with Crippen LogP contribution in [0.1, 0.15) is 5.56 Å². The van der Waals surface area contributed by atoms with Crippen molar-refractivity contribution < 1.29 is 9.18 Å². The van der Waals surface area contributed by atoms with Crippen LogP contribution in [0.5, 0.6) is 0 Å². The van der Waals surface area contributed by atoms with Crippen LogP contribution >= 0.6 is 12.4 Å².